The zero-order valence-electron chi connectivity index (χ0n) is 10.1. The second kappa shape index (κ2) is 4.48. The van der Waals surface area contributed by atoms with E-state index in [0.29, 0.717) is 22.4 Å². The van der Waals surface area contributed by atoms with E-state index in [2.05, 4.69) is 27.6 Å². The molecular formula is C14H10FIN2O. The van der Waals surface area contributed by atoms with Crippen molar-refractivity contribution in [2.24, 2.45) is 7.05 Å². The van der Waals surface area contributed by atoms with Crippen molar-refractivity contribution >= 4 is 33.6 Å². The highest BCUT2D eigenvalue weighted by molar-refractivity contribution is 14.1. The van der Waals surface area contributed by atoms with Gasteiger partial charge in [-0.05, 0) is 52.9 Å². The summed E-state index contributed by atoms with van der Waals surface area (Å²) in [5.41, 5.74) is 1.62. The maximum absolute atomic E-state index is 13.7. The molecule has 1 N–H and O–H groups in total. The number of phenolic OH excluding ortho intramolecular Hbond substituents is 1. The fraction of sp³-hybridized carbons (Fsp3) is 0.0714. The summed E-state index contributed by atoms with van der Waals surface area (Å²) in [6, 6.07) is 10.1. The van der Waals surface area contributed by atoms with Crippen molar-refractivity contribution in [2.75, 3.05) is 0 Å². The first-order valence-corrected chi connectivity index (χ1v) is 6.75. The van der Waals surface area contributed by atoms with Crippen molar-refractivity contribution in [1.29, 1.82) is 0 Å². The minimum atomic E-state index is -0.357. The summed E-state index contributed by atoms with van der Waals surface area (Å²) in [4.78, 5) is 4.31. The van der Waals surface area contributed by atoms with E-state index in [9.17, 15) is 9.50 Å². The molecule has 0 aliphatic carbocycles. The smallest absolute Gasteiger partial charge is 0.151 e. The lowest BCUT2D eigenvalue weighted by Gasteiger charge is -2.05. The van der Waals surface area contributed by atoms with Crippen LogP contribution in [0.5, 0.6) is 5.75 Å². The molecule has 19 heavy (non-hydrogen) atoms. The van der Waals surface area contributed by atoms with Crippen LogP contribution in [0.1, 0.15) is 0 Å². The maximum Gasteiger partial charge on any atom is 0.151 e. The van der Waals surface area contributed by atoms with E-state index in [1.54, 1.807) is 22.8 Å². The van der Waals surface area contributed by atoms with E-state index in [1.807, 2.05) is 19.2 Å². The van der Waals surface area contributed by atoms with E-state index in [4.69, 9.17) is 0 Å². The third kappa shape index (κ3) is 1.98. The Bertz CT molecular complexity index is 782. The van der Waals surface area contributed by atoms with E-state index < -0.39 is 0 Å². The molecule has 0 bridgehead atoms. The minimum Gasteiger partial charge on any atom is -0.507 e. The monoisotopic (exact) mass is 368 g/mol. The van der Waals surface area contributed by atoms with Gasteiger partial charge in [0.25, 0.3) is 0 Å². The van der Waals surface area contributed by atoms with Crippen molar-refractivity contribution in [3.8, 4) is 17.1 Å². The third-order valence-corrected chi connectivity index (χ3v) is 3.73. The van der Waals surface area contributed by atoms with Crippen LogP contribution in [0.15, 0.2) is 36.4 Å². The number of imidazole rings is 1. The Kier molecular flexibility index (Phi) is 2.93. The molecule has 0 saturated heterocycles. The lowest BCUT2D eigenvalue weighted by Crippen LogP contribution is -1.93. The Morgan fingerprint density at radius 3 is 2.79 bits per heavy atom. The number of hydrogen-bond donors (Lipinski definition) is 1. The minimum absolute atomic E-state index is 0.138. The van der Waals surface area contributed by atoms with Crippen LogP contribution in [0.3, 0.4) is 0 Å². The SMILES string of the molecule is Cn1c(-c2cc(I)ccc2O)nc2c(F)cccc21. The van der Waals surface area contributed by atoms with Gasteiger partial charge in [0.1, 0.15) is 17.1 Å². The first-order valence-electron chi connectivity index (χ1n) is 5.68. The molecule has 96 valence electrons. The van der Waals surface area contributed by atoms with Crippen LogP contribution in [-0.2, 0) is 7.05 Å². The number of benzene rings is 2. The summed E-state index contributed by atoms with van der Waals surface area (Å²) in [5, 5.41) is 9.96. The molecule has 0 aliphatic rings. The van der Waals surface area contributed by atoms with E-state index in [-0.39, 0.29) is 11.6 Å². The van der Waals surface area contributed by atoms with Crippen LogP contribution in [0.25, 0.3) is 22.4 Å². The number of phenols is 1. The van der Waals surface area contributed by atoms with E-state index >= 15 is 0 Å². The Morgan fingerprint density at radius 2 is 2.05 bits per heavy atom. The summed E-state index contributed by atoms with van der Waals surface area (Å²) >= 11 is 2.16. The molecular weight excluding hydrogens is 358 g/mol. The van der Waals surface area contributed by atoms with Crippen LogP contribution in [0, 0.1) is 9.39 Å². The van der Waals surface area contributed by atoms with Crippen LogP contribution in [0.2, 0.25) is 0 Å². The number of fused-ring (bicyclic) bond motifs is 1. The lowest BCUT2D eigenvalue weighted by atomic mass is 10.2. The molecule has 0 spiro atoms. The van der Waals surface area contributed by atoms with Crippen LogP contribution in [-0.4, -0.2) is 14.7 Å². The summed E-state index contributed by atoms with van der Waals surface area (Å²) in [6.45, 7) is 0. The Hall–Kier alpha value is -1.63. The van der Waals surface area contributed by atoms with Gasteiger partial charge in [-0.25, -0.2) is 9.37 Å². The van der Waals surface area contributed by atoms with Gasteiger partial charge >= 0.3 is 0 Å². The lowest BCUT2D eigenvalue weighted by molar-refractivity contribution is 0.476. The van der Waals surface area contributed by atoms with Crippen molar-refractivity contribution in [3.05, 3.63) is 45.8 Å². The van der Waals surface area contributed by atoms with Crippen LogP contribution < -0.4 is 0 Å². The van der Waals surface area contributed by atoms with Gasteiger partial charge in [-0.15, -0.1) is 0 Å². The van der Waals surface area contributed by atoms with Crippen molar-refractivity contribution in [3.63, 3.8) is 0 Å². The first kappa shape index (κ1) is 12.4. The average Bonchev–Trinajstić information content (AvgIpc) is 2.72. The van der Waals surface area contributed by atoms with Gasteiger partial charge in [0.2, 0.25) is 0 Å². The zero-order chi connectivity index (χ0) is 13.6. The molecule has 1 heterocycles. The molecule has 0 radical (unpaired) electrons. The molecule has 3 nitrogen and oxygen atoms in total. The molecule has 0 atom stereocenters. The molecule has 5 heteroatoms. The number of rotatable bonds is 1. The standard InChI is InChI=1S/C14H10FIN2O/c1-18-11-4-2-3-10(15)13(11)17-14(18)9-7-8(16)5-6-12(9)19/h2-7,19H,1H3. The first-order chi connectivity index (χ1) is 9.08. The maximum atomic E-state index is 13.7. The van der Waals surface area contributed by atoms with E-state index in [0.717, 1.165) is 3.57 Å². The van der Waals surface area contributed by atoms with Crippen molar-refractivity contribution < 1.29 is 9.50 Å². The van der Waals surface area contributed by atoms with Gasteiger partial charge in [0.15, 0.2) is 5.82 Å². The summed E-state index contributed by atoms with van der Waals surface area (Å²) in [7, 11) is 1.81. The molecule has 1 aromatic heterocycles. The predicted molar refractivity (Wildman–Crippen MR) is 80.5 cm³/mol. The number of aromatic hydroxyl groups is 1. The fourth-order valence-electron chi connectivity index (χ4n) is 2.11. The van der Waals surface area contributed by atoms with Gasteiger partial charge in [0.05, 0.1) is 11.1 Å². The van der Waals surface area contributed by atoms with Crippen molar-refractivity contribution in [1.82, 2.24) is 9.55 Å². The second-order valence-corrected chi connectivity index (χ2v) is 5.51. The summed E-state index contributed by atoms with van der Waals surface area (Å²) in [5.74, 6) is 0.333. The van der Waals surface area contributed by atoms with E-state index in [1.165, 1.54) is 6.07 Å². The van der Waals surface area contributed by atoms with Gasteiger partial charge in [-0.2, -0.15) is 0 Å². The van der Waals surface area contributed by atoms with Gasteiger partial charge in [0, 0.05) is 10.6 Å². The molecule has 0 aliphatic heterocycles. The van der Waals surface area contributed by atoms with Gasteiger partial charge in [-0.3, -0.25) is 0 Å². The Labute approximate surface area is 122 Å². The Balaban J connectivity index is 2.34. The molecule has 0 fully saturated rings. The highest BCUT2D eigenvalue weighted by Crippen LogP contribution is 2.32. The second-order valence-electron chi connectivity index (χ2n) is 4.26. The van der Waals surface area contributed by atoms with Gasteiger partial charge < -0.3 is 9.67 Å². The summed E-state index contributed by atoms with van der Waals surface area (Å²) < 4.78 is 16.5. The quantitative estimate of drug-likeness (QED) is 0.666. The fourth-order valence-corrected chi connectivity index (χ4v) is 2.60. The topological polar surface area (TPSA) is 38.0 Å². The summed E-state index contributed by atoms with van der Waals surface area (Å²) in [6.07, 6.45) is 0. The average molecular weight is 368 g/mol. The zero-order valence-corrected chi connectivity index (χ0v) is 12.2. The molecule has 0 saturated carbocycles. The van der Waals surface area contributed by atoms with Crippen LogP contribution >= 0.6 is 22.6 Å². The van der Waals surface area contributed by atoms with Crippen molar-refractivity contribution in [2.45, 2.75) is 0 Å². The number of nitrogens with zero attached hydrogens (tertiary/aromatic N) is 2. The molecule has 3 rings (SSSR count). The molecule has 2 aromatic carbocycles. The molecule has 3 aromatic rings. The molecule has 0 amide bonds. The molecule has 0 unspecified atom stereocenters. The highest BCUT2D eigenvalue weighted by Gasteiger charge is 2.15. The predicted octanol–water partition coefficient (Wildman–Crippen LogP) is 3.69. The number of halogens is 2. The van der Waals surface area contributed by atoms with Gasteiger partial charge in [-0.1, -0.05) is 6.07 Å². The number of aryl methyl sites for hydroxylation is 1. The highest BCUT2D eigenvalue weighted by atomic mass is 127. The number of aromatic nitrogens is 2. The third-order valence-electron chi connectivity index (χ3n) is 3.06. The largest absolute Gasteiger partial charge is 0.507 e. The van der Waals surface area contributed by atoms with Crippen LogP contribution in [0.4, 0.5) is 4.39 Å². The Morgan fingerprint density at radius 1 is 1.26 bits per heavy atom. The normalized spacial score (nSPS) is 11.1. The number of hydrogen-bond acceptors (Lipinski definition) is 2. The number of para-hydroxylation sites is 1.